The summed E-state index contributed by atoms with van der Waals surface area (Å²) >= 11 is 0. The monoisotopic (exact) mass is 357 g/mol. The average Bonchev–Trinajstić information content (AvgIpc) is 2.86. The van der Waals surface area contributed by atoms with E-state index in [9.17, 15) is 14.4 Å². The molecule has 1 aliphatic heterocycles. The molecular weight excluding hydrogens is 330 g/mol. The fourth-order valence-electron chi connectivity index (χ4n) is 4.01. The first-order chi connectivity index (χ1) is 12.4. The number of carbonyl (C=O) groups excluding carboxylic acids is 3. The molecule has 2 fully saturated rings. The second kappa shape index (κ2) is 7.58. The highest BCUT2D eigenvalue weighted by Gasteiger charge is 2.41. The standard InChI is InChI=1S/C20H27N3O3/c1-12-5-4-6-17(13(12)2)22-18-11-19(25)23(20(18)26)16-9-7-15(8-10-16)21-14(3)24/h7-10,12-13,17-18,22H,4-6,11H2,1-3H3,(H,21,24). The molecule has 1 aromatic carbocycles. The number of rotatable bonds is 4. The fraction of sp³-hybridized carbons (Fsp3) is 0.550. The van der Waals surface area contributed by atoms with E-state index in [0.717, 1.165) is 12.8 Å². The highest BCUT2D eigenvalue weighted by molar-refractivity contribution is 6.22. The third kappa shape index (κ3) is 3.80. The van der Waals surface area contributed by atoms with Gasteiger partial charge in [-0.3, -0.25) is 14.4 Å². The molecule has 4 unspecified atom stereocenters. The fourth-order valence-corrected chi connectivity index (χ4v) is 4.01. The molecular formula is C20H27N3O3. The Balaban J connectivity index is 1.69. The molecule has 3 amide bonds. The van der Waals surface area contributed by atoms with Crippen molar-refractivity contribution < 1.29 is 14.4 Å². The minimum atomic E-state index is -0.449. The van der Waals surface area contributed by atoms with E-state index in [2.05, 4.69) is 24.5 Å². The Bertz CT molecular complexity index is 701. The van der Waals surface area contributed by atoms with Crippen LogP contribution in [0, 0.1) is 11.8 Å². The normalized spacial score (nSPS) is 29.1. The van der Waals surface area contributed by atoms with Crippen molar-refractivity contribution in [3.05, 3.63) is 24.3 Å². The van der Waals surface area contributed by atoms with Gasteiger partial charge >= 0.3 is 0 Å². The number of carbonyl (C=O) groups is 3. The van der Waals surface area contributed by atoms with Crippen molar-refractivity contribution in [2.75, 3.05) is 10.2 Å². The van der Waals surface area contributed by atoms with E-state index in [-0.39, 0.29) is 30.2 Å². The van der Waals surface area contributed by atoms with Crippen LogP contribution in [0.15, 0.2) is 24.3 Å². The van der Waals surface area contributed by atoms with Crippen LogP contribution in [0.25, 0.3) is 0 Å². The maximum atomic E-state index is 12.8. The van der Waals surface area contributed by atoms with E-state index >= 15 is 0 Å². The maximum absolute atomic E-state index is 12.8. The molecule has 26 heavy (non-hydrogen) atoms. The molecule has 140 valence electrons. The largest absolute Gasteiger partial charge is 0.326 e. The molecule has 1 aliphatic carbocycles. The van der Waals surface area contributed by atoms with E-state index in [1.54, 1.807) is 24.3 Å². The van der Waals surface area contributed by atoms with E-state index < -0.39 is 6.04 Å². The predicted molar refractivity (Wildman–Crippen MR) is 101 cm³/mol. The molecule has 0 spiro atoms. The second-order valence-corrected chi connectivity index (χ2v) is 7.59. The van der Waals surface area contributed by atoms with Crippen molar-refractivity contribution in [3.63, 3.8) is 0 Å². The first-order valence-electron chi connectivity index (χ1n) is 9.37. The van der Waals surface area contributed by atoms with Gasteiger partial charge in [0.2, 0.25) is 11.8 Å². The number of hydrogen-bond acceptors (Lipinski definition) is 4. The summed E-state index contributed by atoms with van der Waals surface area (Å²) in [5, 5.41) is 6.12. The SMILES string of the molecule is CC(=O)Nc1ccc(N2C(=O)CC(NC3CCCC(C)C3C)C2=O)cc1. The van der Waals surface area contributed by atoms with Crippen LogP contribution >= 0.6 is 0 Å². The molecule has 2 aliphatic rings. The van der Waals surface area contributed by atoms with Crippen molar-refractivity contribution in [3.8, 4) is 0 Å². The zero-order chi connectivity index (χ0) is 18.8. The number of anilines is 2. The minimum absolute atomic E-state index is 0.161. The molecule has 6 nitrogen and oxygen atoms in total. The van der Waals surface area contributed by atoms with Gasteiger partial charge in [0.25, 0.3) is 5.91 Å². The molecule has 2 N–H and O–H groups in total. The van der Waals surface area contributed by atoms with Crippen LogP contribution in [0.4, 0.5) is 11.4 Å². The zero-order valence-corrected chi connectivity index (χ0v) is 15.6. The summed E-state index contributed by atoms with van der Waals surface area (Å²) in [6.45, 7) is 5.91. The van der Waals surface area contributed by atoms with E-state index in [0.29, 0.717) is 23.2 Å². The summed E-state index contributed by atoms with van der Waals surface area (Å²) < 4.78 is 0. The van der Waals surface area contributed by atoms with Gasteiger partial charge in [0, 0.05) is 18.7 Å². The number of amides is 3. The summed E-state index contributed by atoms with van der Waals surface area (Å²) in [6, 6.07) is 6.60. The summed E-state index contributed by atoms with van der Waals surface area (Å²) in [5.41, 5.74) is 1.18. The molecule has 0 bridgehead atoms. The number of hydrogen-bond donors (Lipinski definition) is 2. The number of benzene rings is 1. The van der Waals surface area contributed by atoms with Crippen molar-refractivity contribution in [1.29, 1.82) is 0 Å². The number of nitrogens with one attached hydrogen (secondary N) is 2. The van der Waals surface area contributed by atoms with E-state index in [1.165, 1.54) is 18.2 Å². The number of nitrogens with zero attached hydrogens (tertiary/aromatic N) is 1. The van der Waals surface area contributed by atoms with Gasteiger partial charge in [0.05, 0.1) is 18.2 Å². The van der Waals surface area contributed by atoms with Crippen LogP contribution in [-0.4, -0.2) is 29.8 Å². The Kier molecular flexibility index (Phi) is 5.41. The minimum Gasteiger partial charge on any atom is -0.326 e. The lowest BCUT2D eigenvalue weighted by Crippen LogP contribution is -2.48. The highest BCUT2D eigenvalue weighted by atomic mass is 16.2. The molecule has 1 heterocycles. The van der Waals surface area contributed by atoms with Crippen molar-refractivity contribution in [2.24, 2.45) is 11.8 Å². The number of imide groups is 1. The lowest BCUT2D eigenvalue weighted by molar-refractivity contribution is -0.122. The molecule has 1 saturated carbocycles. The first kappa shape index (κ1) is 18.6. The van der Waals surface area contributed by atoms with Gasteiger partial charge in [-0.2, -0.15) is 0 Å². The summed E-state index contributed by atoms with van der Waals surface area (Å²) in [4.78, 5) is 37.6. The van der Waals surface area contributed by atoms with Crippen LogP contribution < -0.4 is 15.5 Å². The smallest absolute Gasteiger partial charge is 0.251 e. The second-order valence-electron chi connectivity index (χ2n) is 7.59. The lowest BCUT2D eigenvalue weighted by atomic mass is 9.78. The van der Waals surface area contributed by atoms with Gasteiger partial charge in [0.1, 0.15) is 0 Å². The summed E-state index contributed by atoms with van der Waals surface area (Å²) in [7, 11) is 0. The van der Waals surface area contributed by atoms with E-state index in [4.69, 9.17) is 0 Å². The Labute approximate surface area is 154 Å². The lowest BCUT2D eigenvalue weighted by Gasteiger charge is -2.36. The molecule has 1 aromatic rings. The Hall–Kier alpha value is -2.21. The van der Waals surface area contributed by atoms with Crippen LogP contribution in [0.1, 0.15) is 46.5 Å². The highest BCUT2D eigenvalue weighted by Crippen LogP contribution is 2.31. The predicted octanol–water partition coefficient (Wildman–Crippen LogP) is 2.69. The molecule has 0 radical (unpaired) electrons. The van der Waals surface area contributed by atoms with Crippen LogP contribution in [-0.2, 0) is 14.4 Å². The molecule has 3 rings (SSSR count). The zero-order valence-electron chi connectivity index (χ0n) is 15.6. The van der Waals surface area contributed by atoms with Gasteiger partial charge in [-0.15, -0.1) is 0 Å². The van der Waals surface area contributed by atoms with Crippen LogP contribution in [0.5, 0.6) is 0 Å². The van der Waals surface area contributed by atoms with Crippen LogP contribution in [0.3, 0.4) is 0 Å². The summed E-state index contributed by atoms with van der Waals surface area (Å²) in [5.74, 6) is 0.596. The van der Waals surface area contributed by atoms with Gasteiger partial charge in [-0.05, 0) is 42.5 Å². The molecule has 4 atom stereocenters. The molecule has 6 heteroatoms. The first-order valence-corrected chi connectivity index (χ1v) is 9.37. The topological polar surface area (TPSA) is 78.5 Å². The van der Waals surface area contributed by atoms with Gasteiger partial charge in [-0.1, -0.05) is 26.7 Å². The quantitative estimate of drug-likeness (QED) is 0.812. The third-order valence-corrected chi connectivity index (χ3v) is 5.71. The summed E-state index contributed by atoms with van der Waals surface area (Å²) in [6.07, 6.45) is 3.63. The Morgan fingerprint density at radius 2 is 1.81 bits per heavy atom. The van der Waals surface area contributed by atoms with Crippen molar-refractivity contribution in [1.82, 2.24) is 5.32 Å². The van der Waals surface area contributed by atoms with E-state index in [1.807, 2.05) is 0 Å². The molecule has 0 aromatic heterocycles. The Morgan fingerprint density at radius 1 is 1.12 bits per heavy atom. The van der Waals surface area contributed by atoms with Gasteiger partial charge < -0.3 is 10.6 Å². The van der Waals surface area contributed by atoms with Gasteiger partial charge in [0.15, 0.2) is 0 Å². The average molecular weight is 357 g/mol. The Morgan fingerprint density at radius 3 is 2.46 bits per heavy atom. The third-order valence-electron chi connectivity index (χ3n) is 5.71. The maximum Gasteiger partial charge on any atom is 0.251 e. The van der Waals surface area contributed by atoms with Crippen LogP contribution in [0.2, 0.25) is 0 Å². The van der Waals surface area contributed by atoms with Crippen molar-refractivity contribution in [2.45, 2.75) is 58.5 Å². The van der Waals surface area contributed by atoms with Gasteiger partial charge in [-0.25, -0.2) is 4.90 Å². The van der Waals surface area contributed by atoms with Crippen molar-refractivity contribution >= 4 is 29.1 Å². The molecule has 1 saturated heterocycles.